The Morgan fingerprint density at radius 3 is 2.73 bits per heavy atom. The van der Waals surface area contributed by atoms with Gasteiger partial charge in [-0.3, -0.25) is 4.79 Å². The molecule has 154 valence electrons. The summed E-state index contributed by atoms with van der Waals surface area (Å²) in [7, 11) is 0. The molecule has 1 amide bonds. The number of amides is 1. The van der Waals surface area contributed by atoms with Gasteiger partial charge in [0.15, 0.2) is 0 Å². The molecule has 0 radical (unpaired) electrons. The van der Waals surface area contributed by atoms with Gasteiger partial charge in [-0.2, -0.15) is 5.26 Å². The van der Waals surface area contributed by atoms with Gasteiger partial charge in [-0.15, -0.1) is 11.3 Å². The van der Waals surface area contributed by atoms with Crippen LogP contribution in [0.1, 0.15) is 22.4 Å². The molecular formula is C22H23N5OS2. The minimum absolute atomic E-state index is 0.151. The zero-order chi connectivity index (χ0) is 21.1. The molecule has 0 unspecified atom stereocenters. The second kappa shape index (κ2) is 9.02. The first kappa shape index (κ1) is 20.6. The van der Waals surface area contributed by atoms with Crippen LogP contribution in [0, 0.1) is 25.2 Å². The molecule has 3 aromatic rings. The van der Waals surface area contributed by atoms with Crippen LogP contribution in [0.3, 0.4) is 0 Å². The number of carbonyl (C=O) groups is 1. The number of thioether (sulfide) groups is 1. The standard InChI is InChI=1S/C22H23N5OS2/c1-15-16(2)30-22-20(15)21(24-14-25-22)29-13-19(28)27-9-3-8-26(10-11-27)18-6-4-17(12-23)5-7-18/h4-7,14H,3,8-11,13H2,1-2H3. The Morgan fingerprint density at radius 1 is 1.17 bits per heavy atom. The zero-order valence-electron chi connectivity index (χ0n) is 17.1. The van der Waals surface area contributed by atoms with Crippen molar-refractivity contribution < 1.29 is 4.79 Å². The number of thiophene rings is 1. The van der Waals surface area contributed by atoms with E-state index in [1.54, 1.807) is 17.7 Å². The van der Waals surface area contributed by atoms with Crippen molar-refractivity contribution in [3.8, 4) is 6.07 Å². The third kappa shape index (κ3) is 4.27. The number of anilines is 1. The molecule has 4 rings (SSSR count). The van der Waals surface area contributed by atoms with Gasteiger partial charge in [0.05, 0.1) is 17.4 Å². The topological polar surface area (TPSA) is 73.1 Å². The highest BCUT2D eigenvalue weighted by molar-refractivity contribution is 8.00. The van der Waals surface area contributed by atoms with E-state index in [1.165, 1.54) is 22.2 Å². The van der Waals surface area contributed by atoms with Crippen molar-refractivity contribution in [2.45, 2.75) is 25.3 Å². The predicted molar refractivity (Wildman–Crippen MR) is 122 cm³/mol. The Kier molecular flexibility index (Phi) is 6.21. The molecule has 3 heterocycles. The molecule has 0 aliphatic carbocycles. The number of hydrogen-bond donors (Lipinski definition) is 0. The van der Waals surface area contributed by atoms with Crippen LogP contribution in [0.2, 0.25) is 0 Å². The molecular weight excluding hydrogens is 414 g/mol. The molecule has 1 saturated heterocycles. The Hall–Kier alpha value is -2.63. The fraction of sp³-hybridized carbons (Fsp3) is 0.364. The first-order chi connectivity index (χ1) is 14.6. The molecule has 0 saturated carbocycles. The van der Waals surface area contributed by atoms with Gasteiger partial charge in [-0.1, -0.05) is 11.8 Å². The maximum atomic E-state index is 12.9. The molecule has 2 aromatic heterocycles. The Morgan fingerprint density at radius 2 is 1.97 bits per heavy atom. The lowest BCUT2D eigenvalue weighted by Gasteiger charge is -2.23. The van der Waals surface area contributed by atoms with Crippen LogP contribution in [0.4, 0.5) is 5.69 Å². The average molecular weight is 438 g/mol. The van der Waals surface area contributed by atoms with Crippen LogP contribution in [-0.2, 0) is 4.79 Å². The summed E-state index contributed by atoms with van der Waals surface area (Å²) in [5.74, 6) is 0.537. The largest absolute Gasteiger partial charge is 0.370 e. The van der Waals surface area contributed by atoms with Gasteiger partial charge in [-0.05, 0) is 50.1 Å². The number of fused-ring (bicyclic) bond motifs is 1. The highest BCUT2D eigenvalue weighted by Gasteiger charge is 2.21. The van der Waals surface area contributed by atoms with Gasteiger partial charge in [0, 0.05) is 42.1 Å². The molecule has 1 aromatic carbocycles. The maximum Gasteiger partial charge on any atom is 0.233 e. The summed E-state index contributed by atoms with van der Waals surface area (Å²) in [4.78, 5) is 28.2. The minimum Gasteiger partial charge on any atom is -0.370 e. The van der Waals surface area contributed by atoms with Gasteiger partial charge in [0.1, 0.15) is 16.2 Å². The monoisotopic (exact) mass is 437 g/mol. The summed E-state index contributed by atoms with van der Waals surface area (Å²) in [6, 6.07) is 9.81. The number of nitriles is 1. The van der Waals surface area contributed by atoms with Crippen molar-refractivity contribution in [1.29, 1.82) is 5.26 Å². The van der Waals surface area contributed by atoms with Gasteiger partial charge < -0.3 is 9.80 Å². The number of hydrogen-bond acceptors (Lipinski definition) is 7. The van der Waals surface area contributed by atoms with Gasteiger partial charge in [0.25, 0.3) is 0 Å². The SMILES string of the molecule is Cc1sc2ncnc(SCC(=O)N3CCCN(c4ccc(C#N)cc4)CC3)c2c1C. The molecule has 0 spiro atoms. The minimum atomic E-state index is 0.151. The molecule has 0 bridgehead atoms. The van der Waals surface area contributed by atoms with Crippen LogP contribution >= 0.6 is 23.1 Å². The van der Waals surface area contributed by atoms with Crippen molar-refractivity contribution in [3.63, 3.8) is 0 Å². The third-order valence-corrected chi connectivity index (χ3v) is 7.56. The van der Waals surface area contributed by atoms with E-state index >= 15 is 0 Å². The first-order valence-electron chi connectivity index (χ1n) is 9.93. The van der Waals surface area contributed by atoms with E-state index in [0.717, 1.165) is 47.0 Å². The van der Waals surface area contributed by atoms with E-state index in [2.05, 4.69) is 34.8 Å². The lowest BCUT2D eigenvalue weighted by molar-refractivity contribution is -0.128. The molecule has 30 heavy (non-hydrogen) atoms. The molecule has 0 atom stereocenters. The highest BCUT2D eigenvalue weighted by Crippen LogP contribution is 2.34. The molecule has 1 aliphatic heterocycles. The fourth-order valence-electron chi connectivity index (χ4n) is 3.65. The number of carbonyl (C=O) groups excluding carboxylic acids is 1. The van der Waals surface area contributed by atoms with Gasteiger partial charge in [0.2, 0.25) is 5.91 Å². The predicted octanol–water partition coefficient (Wildman–Crippen LogP) is 4.01. The van der Waals surface area contributed by atoms with E-state index in [4.69, 9.17) is 5.26 Å². The van der Waals surface area contributed by atoms with Crippen molar-refractivity contribution in [3.05, 3.63) is 46.6 Å². The summed E-state index contributed by atoms with van der Waals surface area (Å²) in [6.45, 7) is 7.36. The highest BCUT2D eigenvalue weighted by atomic mass is 32.2. The Labute approximate surface area is 184 Å². The van der Waals surface area contributed by atoms with Crippen molar-refractivity contribution in [2.24, 2.45) is 0 Å². The van der Waals surface area contributed by atoms with Crippen LogP contribution in [0.5, 0.6) is 0 Å². The first-order valence-corrected chi connectivity index (χ1v) is 11.7. The van der Waals surface area contributed by atoms with Crippen LogP contribution in [0.25, 0.3) is 10.2 Å². The molecule has 1 aliphatic rings. The molecule has 0 N–H and O–H groups in total. The summed E-state index contributed by atoms with van der Waals surface area (Å²) in [5, 5.41) is 10.9. The number of benzene rings is 1. The van der Waals surface area contributed by atoms with Crippen LogP contribution < -0.4 is 4.90 Å². The van der Waals surface area contributed by atoms with Crippen molar-refractivity contribution >= 4 is 44.9 Å². The lowest BCUT2D eigenvalue weighted by atomic mass is 10.2. The number of aryl methyl sites for hydroxylation is 2. The van der Waals surface area contributed by atoms with Gasteiger partial charge >= 0.3 is 0 Å². The fourth-order valence-corrected chi connectivity index (χ4v) is 5.67. The normalized spacial score (nSPS) is 14.6. The summed E-state index contributed by atoms with van der Waals surface area (Å²) < 4.78 is 0. The van der Waals surface area contributed by atoms with E-state index in [9.17, 15) is 4.79 Å². The molecule has 6 nitrogen and oxygen atoms in total. The third-order valence-electron chi connectivity index (χ3n) is 5.47. The second-order valence-electron chi connectivity index (χ2n) is 7.31. The lowest BCUT2D eigenvalue weighted by Crippen LogP contribution is -2.36. The van der Waals surface area contributed by atoms with E-state index in [1.807, 2.05) is 29.2 Å². The average Bonchev–Trinajstić information content (AvgIpc) is 2.94. The van der Waals surface area contributed by atoms with Crippen LogP contribution in [0.15, 0.2) is 35.6 Å². The Balaban J connectivity index is 1.38. The van der Waals surface area contributed by atoms with Crippen molar-refractivity contribution in [2.75, 3.05) is 36.8 Å². The summed E-state index contributed by atoms with van der Waals surface area (Å²) >= 11 is 3.18. The van der Waals surface area contributed by atoms with Crippen LogP contribution in [-0.4, -0.2) is 52.7 Å². The molecule has 8 heteroatoms. The number of nitrogens with zero attached hydrogens (tertiary/aromatic N) is 5. The van der Waals surface area contributed by atoms with E-state index in [-0.39, 0.29) is 5.91 Å². The quantitative estimate of drug-likeness (QED) is 0.454. The van der Waals surface area contributed by atoms with Crippen molar-refractivity contribution in [1.82, 2.24) is 14.9 Å². The maximum absolute atomic E-state index is 12.9. The second-order valence-corrected chi connectivity index (χ2v) is 9.48. The summed E-state index contributed by atoms with van der Waals surface area (Å²) in [5.41, 5.74) is 2.97. The smallest absolute Gasteiger partial charge is 0.233 e. The Bertz CT molecular complexity index is 1100. The number of aromatic nitrogens is 2. The summed E-state index contributed by atoms with van der Waals surface area (Å²) in [6.07, 6.45) is 2.52. The zero-order valence-corrected chi connectivity index (χ0v) is 18.7. The van der Waals surface area contributed by atoms with E-state index in [0.29, 0.717) is 17.9 Å². The van der Waals surface area contributed by atoms with Gasteiger partial charge in [-0.25, -0.2) is 9.97 Å². The number of rotatable bonds is 4. The molecule has 1 fully saturated rings. The van der Waals surface area contributed by atoms with E-state index < -0.39 is 0 Å².